The van der Waals surface area contributed by atoms with Crippen molar-refractivity contribution in [3.05, 3.63) is 0 Å². The van der Waals surface area contributed by atoms with Crippen LogP contribution in [0.15, 0.2) is 0 Å². The molecule has 1 aliphatic carbocycles. The van der Waals surface area contributed by atoms with Crippen LogP contribution in [0.4, 0.5) is 0 Å². The molecule has 3 aliphatic rings. The van der Waals surface area contributed by atoms with E-state index < -0.39 is 0 Å². The van der Waals surface area contributed by atoms with Crippen LogP contribution in [0.2, 0.25) is 0 Å². The van der Waals surface area contributed by atoms with Crippen molar-refractivity contribution in [2.45, 2.75) is 84.2 Å². The van der Waals surface area contributed by atoms with Crippen molar-refractivity contribution < 1.29 is 18.9 Å². The summed E-state index contributed by atoms with van der Waals surface area (Å²) in [6.07, 6.45) is 11.0. The maximum Gasteiger partial charge on any atom is 0.160 e. The predicted molar refractivity (Wildman–Crippen MR) is 98.2 cm³/mol. The van der Waals surface area contributed by atoms with Gasteiger partial charge in [-0.05, 0) is 38.0 Å². The second-order valence-corrected chi connectivity index (χ2v) is 8.42. The van der Waals surface area contributed by atoms with Gasteiger partial charge in [-0.2, -0.15) is 0 Å². The molecule has 0 bridgehead atoms. The normalized spacial score (nSPS) is 40.1. The molecule has 0 aromatic heterocycles. The van der Waals surface area contributed by atoms with Crippen molar-refractivity contribution in [1.82, 2.24) is 0 Å². The zero-order valence-corrected chi connectivity index (χ0v) is 16.3. The second-order valence-electron chi connectivity index (χ2n) is 8.42. The van der Waals surface area contributed by atoms with Crippen LogP contribution in [-0.2, 0) is 18.9 Å². The highest BCUT2D eigenvalue weighted by molar-refractivity contribution is 4.76. The number of hydrogen-bond donors (Lipinski definition) is 0. The van der Waals surface area contributed by atoms with Gasteiger partial charge in [0.2, 0.25) is 0 Å². The van der Waals surface area contributed by atoms with Gasteiger partial charge >= 0.3 is 0 Å². The SMILES string of the molecule is CCC[C@H]1CO[C@H](CC[C@H]2CO[C@H]([C@H]3CC[C@H](CC)CC3)OC2)OC1. The lowest BCUT2D eigenvalue weighted by Gasteiger charge is -2.38. The van der Waals surface area contributed by atoms with Crippen LogP contribution >= 0.6 is 0 Å². The molecule has 2 saturated heterocycles. The Balaban J connectivity index is 1.28. The fraction of sp³-hybridized carbons (Fsp3) is 1.00. The van der Waals surface area contributed by atoms with Crippen LogP contribution < -0.4 is 0 Å². The Kier molecular flexibility index (Phi) is 8.03. The fourth-order valence-electron chi connectivity index (χ4n) is 4.56. The summed E-state index contributed by atoms with van der Waals surface area (Å²) in [5.74, 6) is 2.62. The number of rotatable bonds is 7. The summed E-state index contributed by atoms with van der Waals surface area (Å²) < 4.78 is 23.9. The Hall–Kier alpha value is -0.160. The Morgan fingerprint density at radius 3 is 1.84 bits per heavy atom. The summed E-state index contributed by atoms with van der Waals surface area (Å²) >= 11 is 0. The lowest BCUT2D eigenvalue weighted by Crippen LogP contribution is -2.39. The van der Waals surface area contributed by atoms with Gasteiger partial charge < -0.3 is 18.9 Å². The Morgan fingerprint density at radius 2 is 1.24 bits per heavy atom. The molecular formula is C21H38O4. The molecular weight excluding hydrogens is 316 g/mol. The lowest BCUT2D eigenvalue weighted by atomic mass is 9.80. The van der Waals surface area contributed by atoms with Crippen molar-refractivity contribution in [3.8, 4) is 0 Å². The molecule has 4 heteroatoms. The van der Waals surface area contributed by atoms with Crippen LogP contribution in [0.3, 0.4) is 0 Å². The van der Waals surface area contributed by atoms with Crippen molar-refractivity contribution in [2.24, 2.45) is 23.7 Å². The van der Waals surface area contributed by atoms with E-state index in [2.05, 4.69) is 13.8 Å². The quantitative estimate of drug-likeness (QED) is 0.660. The van der Waals surface area contributed by atoms with E-state index in [1.807, 2.05) is 0 Å². The van der Waals surface area contributed by atoms with E-state index in [1.165, 1.54) is 44.9 Å². The molecule has 3 rings (SSSR count). The second kappa shape index (κ2) is 10.2. The zero-order chi connectivity index (χ0) is 17.5. The topological polar surface area (TPSA) is 36.9 Å². The van der Waals surface area contributed by atoms with Gasteiger partial charge in [0, 0.05) is 17.8 Å². The predicted octanol–water partition coefficient (Wildman–Crippen LogP) is 4.76. The molecule has 0 spiro atoms. The van der Waals surface area contributed by atoms with Gasteiger partial charge in [-0.25, -0.2) is 0 Å². The van der Waals surface area contributed by atoms with Crippen LogP contribution in [0.5, 0.6) is 0 Å². The fourth-order valence-corrected chi connectivity index (χ4v) is 4.56. The van der Waals surface area contributed by atoms with Gasteiger partial charge in [-0.15, -0.1) is 0 Å². The van der Waals surface area contributed by atoms with E-state index in [1.54, 1.807) is 0 Å². The molecule has 2 heterocycles. The number of ether oxygens (including phenoxy) is 4. The van der Waals surface area contributed by atoms with Crippen molar-refractivity contribution in [1.29, 1.82) is 0 Å². The molecule has 25 heavy (non-hydrogen) atoms. The standard InChI is InChI=1S/C21H38O4/c1-3-5-17-12-22-20(23-13-17)11-8-18-14-24-21(25-15-18)19-9-6-16(4-2)7-10-19/h16-21H,3-15H2,1-2H3/t16-,17-,18-,19-,20-,21-. The lowest BCUT2D eigenvalue weighted by molar-refractivity contribution is -0.236. The van der Waals surface area contributed by atoms with Gasteiger partial charge in [0.25, 0.3) is 0 Å². The minimum atomic E-state index is -0.0184. The molecule has 3 fully saturated rings. The van der Waals surface area contributed by atoms with Crippen LogP contribution in [0.25, 0.3) is 0 Å². The van der Waals surface area contributed by atoms with E-state index in [0.29, 0.717) is 17.8 Å². The summed E-state index contributed by atoms with van der Waals surface area (Å²) in [7, 11) is 0. The van der Waals surface area contributed by atoms with Crippen molar-refractivity contribution in [2.75, 3.05) is 26.4 Å². The summed E-state index contributed by atoms with van der Waals surface area (Å²) in [6.45, 7) is 7.93. The summed E-state index contributed by atoms with van der Waals surface area (Å²) in [6, 6.07) is 0. The number of hydrogen-bond acceptors (Lipinski definition) is 4. The van der Waals surface area contributed by atoms with E-state index in [4.69, 9.17) is 18.9 Å². The first kappa shape index (κ1) is 19.6. The first-order valence-electron chi connectivity index (χ1n) is 10.7. The Morgan fingerprint density at radius 1 is 0.640 bits per heavy atom. The highest BCUT2D eigenvalue weighted by Crippen LogP contribution is 2.35. The van der Waals surface area contributed by atoms with Crippen LogP contribution in [0.1, 0.15) is 71.6 Å². The third kappa shape index (κ3) is 5.92. The molecule has 0 atom stereocenters. The molecule has 0 N–H and O–H groups in total. The Labute approximate surface area is 153 Å². The summed E-state index contributed by atoms with van der Waals surface area (Å²) in [4.78, 5) is 0. The largest absolute Gasteiger partial charge is 0.352 e. The van der Waals surface area contributed by atoms with Gasteiger partial charge in [-0.3, -0.25) is 0 Å². The van der Waals surface area contributed by atoms with E-state index >= 15 is 0 Å². The van der Waals surface area contributed by atoms with E-state index in [0.717, 1.165) is 45.2 Å². The first-order valence-corrected chi connectivity index (χ1v) is 10.7. The molecule has 0 radical (unpaired) electrons. The van der Waals surface area contributed by atoms with E-state index in [9.17, 15) is 0 Å². The minimum Gasteiger partial charge on any atom is -0.352 e. The molecule has 0 aromatic carbocycles. The Bertz CT molecular complexity index is 351. The summed E-state index contributed by atoms with van der Waals surface area (Å²) in [5.41, 5.74) is 0. The highest BCUT2D eigenvalue weighted by Gasteiger charge is 2.32. The van der Waals surface area contributed by atoms with Gasteiger partial charge in [0.15, 0.2) is 12.6 Å². The highest BCUT2D eigenvalue weighted by atomic mass is 16.7. The van der Waals surface area contributed by atoms with Gasteiger partial charge in [0.05, 0.1) is 26.4 Å². The molecule has 1 saturated carbocycles. The molecule has 0 aromatic rings. The molecule has 4 nitrogen and oxygen atoms in total. The maximum absolute atomic E-state index is 6.08. The molecule has 146 valence electrons. The smallest absolute Gasteiger partial charge is 0.160 e. The van der Waals surface area contributed by atoms with Crippen molar-refractivity contribution >= 4 is 0 Å². The van der Waals surface area contributed by atoms with Gasteiger partial charge in [0.1, 0.15) is 0 Å². The molecule has 0 unspecified atom stereocenters. The van der Waals surface area contributed by atoms with Crippen LogP contribution in [0, 0.1) is 23.7 Å². The monoisotopic (exact) mass is 354 g/mol. The minimum absolute atomic E-state index is 0.0184. The third-order valence-electron chi connectivity index (χ3n) is 6.39. The average Bonchev–Trinajstić information content (AvgIpc) is 2.68. The first-order chi connectivity index (χ1) is 12.3. The maximum atomic E-state index is 6.08. The van der Waals surface area contributed by atoms with Crippen LogP contribution in [-0.4, -0.2) is 39.0 Å². The molecule has 2 aliphatic heterocycles. The van der Waals surface area contributed by atoms with E-state index in [-0.39, 0.29) is 12.6 Å². The zero-order valence-electron chi connectivity index (χ0n) is 16.3. The van der Waals surface area contributed by atoms with Crippen molar-refractivity contribution in [3.63, 3.8) is 0 Å². The average molecular weight is 355 g/mol. The molecule has 0 amide bonds. The van der Waals surface area contributed by atoms with Gasteiger partial charge in [-0.1, -0.05) is 39.5 Å². The third-order valence-corrected chi connectivity index (χ3v) is 6.39. The summed E-state index contributed by atoms with van der Waals surface area (Å²) in [5, 5.41) is 0.